The number of fused-ring (bicyclic) bond motifs is 1. The predicted molar refractivity (Wildman–Crippen MR) is 77.3 cm³/mol. The largest absolute Gasteiger partial charge is 0.485 e. The molecule has 5 nitrogen and oxygen atoms in total. The fraction of sp³-hybridized carbons (Fsp3) is 0.364. The summed E-state index contributed by atoms with van der Waals surface area (Å²) in [5, 5.41) is 10.7. The molecule has 0 fully saturated rings. The Morgan fingerprint density at radius 1 is 1.30 bits per heavy atom. The van der Waals surface area contributed by atoms with Gasteiger partial charge >= 0.3 is 0 Å². The number of nitrogens with one attached hydrogen (secondary N) is 1. The highest BCUT2D eigenvalue weighted by Gasteiger charge is 2.45. The Labute approximate surface area is 121 Å². The van der Waals surface area contributed by atoms with E-state index in [2.05, 4.69) is 10.3 Å². The van der Waals surface area contributed by atoms with Crippen LogP contribution in [-0.4, -0.2) is 66.0 Å². The molecule has 2 unspecified atom stereocenters. The lowest BCUT2D eigenvalue weighted by Crippen LogP contribution is -2.61. The fourth-order valence-electron chi connectivity index (χ4n) is 1.98. The summed E-state index contributed by atoms with van der Waals surface area (Å²) in [7, 11) is 22.5. The van der Waals surface area contributed by atoms with E-state index in [1.165, 1.54) is 0 Å². The summed E-state index contributed by atoms with van der Waals surface area (Å²) in [4.78, 5) is 3.84. The lowest BCUT2D eigenvalue weighted by molar-refractivity contribution is 0.124. The van der Waals surface area contributed by atoms with Crippen molar-refractivity contribution in [2.24, 2.45) is 4.99 Å². The first kappa shape index (κ1) is 13.5. The molecule has 2 heterocycles. The number of benzene rings is 1. The van der Waals surface area contributed by atoms with Crippen LogP contribution in [0.2, 0.25) is 0 Å². The number of aliphatic hydroxyl groups is 1. The molecule has 0 aliphatic carbocycles. The smallest absolute Gasteiger partial charge is 0.189 e. The third kappa shape index (κ3) is 2.10. The summed E-state index contributed by atoms with van der Waals surface area (Å²) in [6, 6.07) is 5.04. The number of amidine groups is 1. The number of hydrogen-bond donors (Lipinski definition) is 2. The Bertz CT molecular complexity index is 591. The van der Waals surface area contributed by atoms with Crippen LogP contribution in [0.15, 0.2) is 23.2 Å². The number of hydrogen-bond acceptors (Lipinski definition) is 5. The highest BCUT2D eigenvalue weighted by molar-refractivity contribution is 6.47. The number of aliphatic imine (C=N–C) groups is 1. The van der Waals surface area contributed by atoms with Crippen molar-refractivity contribution < 1.29 is 14.6 Å². The predicted octanol–water partition coefficient (Wildman–Crippen LogP) is -2.57. The van der Waals surface area contributed by atoms with Gasteiger partial charge in [-0.25, -0.2) is 4.99 Å². The third-order valence-electron chi connectivity index (χ3n) is 3.17. The van der Waals surface area contributed by atoms with E-state index in [-0.39, 0.29) is 12.4 Å². The van der Waals surface area contributed by atoms with E-state index in [0.29, 0.717) is 17.0 Å². The van der Waals surface area contributed by atoms with Gasteiger partial charge in [-0.15, -0.1) is 0 Å². The molecule has 20 heavy (non-hydrogen) atoms. The molecule has 8 radical (unpaired) electrons. The molecule has 2 aliphatic heterocycles. The van der Waals surface area contributed by atoms with E-state index in [9.17, 15) is 5.11 Å². The van der Waals surface area contributed by atoms with Crippen molar-refractivity contribution >= 4 is 42.7 Å². The zero-order chi connectivity index (χ0) is 14.5. The molecule has 2 atom stereocenters. The molecule has 3 rings (SSSR count). The van der Waals surface area contributed by atoms with Gasteiger partial charge in [0.1, 0.15) is 33.8 Å². The second-order valence-electron chi connectivity index (χ2n) is 4.84. The minimum atomic E-state index is -2.12. The fourth-order valence-corrected chi connectivity index (χ4v) is 1.98. The molecule has 2 N–H and O–H groups in total. The van der Waals surface area contributed by atoms with E-state index in [0.717, 1.165) is 0 Å². The molecule has 0 amide bonds. The van der Waals surface area contributed by atoms with Crippen LogP contribution in [0.4, 0.5) is 0 Å². The molecule has 0 saturated carbocycles. The maximum Gasteiger partial charge on any atom is 0.189 e. The van der Waals surface area contributed by atoms with Gasteiger partial charge in [0.05, 0.1) is 15.7 Å². The van der Waals surface area contributed by atoms with E-state index in [4.69, 9.17) is 40.9 Å². The minimum absolute atomic E-state index is 0.176. The molecule has 92 valence electrons. The van der Waals surface area contributed by atoms with E-state index >= 15 is 0 Å². The van der Waals surface area contributed by atoms with Gasteiger partial charge in [0.15, 0.2) is 17.6 Å². The molecule has 9 heteroatoms. The van der Waals surface area contributed by atoms with Gasteiger partial charge in [-0.05, 0) is 12.1 Å². The summed E-state index contributed by atoms with van der Waals surface area (Å²) >= 11 is 0. The maximum atomic E-state index is 9.82. The second kappa shape index (κ2) is 4.25. The number of rotatable bonds is 1. The molecular formula is C11H8B4N2O3. The highest BCUT2D eigenvalue weighted by Crippen LogP contribution is 2.32. The van der Waals surface area contributed by atoms with Crippen molar-refractivity contribution in [3.8, 4) is 11.5 Å². The van der Waals surface area contributed by atoms with Crippen LogP contribution >= 0.6 is 0 Å². The maximum absolute atomic E-state index is 9.82. The van der Waals surface area contributed by atoms with Gasteiger partial charge in [0, 0.05) is 5.34 Å². The van der Waals surface area contributed by atoms with E-state index in [1.807, 2.05) is 0 Å². The standard InChI is InChI=1S/C11H8B4N2O3/c12-5-1-2-6-7(3-5)20-8(4-19-6)9-16-10(13,14)11(15,18)17-9/h1-3,8,18H,4H2,(H,16,17). The molecule has 2 aliphatic rings. The molecule has 1 aromatic carbocycles. The van der Waals surface area contributed by atoms with E-state index < -0.39 is 17.1 Å². The molecule has 1 aromatic rings. The van der Waals surface area contributed by atoms with Crippen molar-refractivity contribution in [1.29, 1.82) is 0 Å². The van der Waals surface area contributed by atoms with Crippen LogP contribution in [0.5, 0.6) is 11.5 Å². The van der Waals surface area contributed by atoms with Gasteiger partial charge < -0.3 is 19.9 Å². The average Bonchev–Trinajstić information content (AvgIpc) is 2.57. The van der Waals surface area contributed by atoms with Gasteiger partial charge in [-0.1, -0.05) is 11.5 Å². The first-order chi connectivity index (χ1) is 9.28. The molecule has 0 bridgehead atoms. The van der Waals surface area contributed by atoms with Crippen LogP contribution in [-0.2, 0) is 0 Å². The molecule has 0 aromatic heterocycles. The van der Waals surface area contributed by atoms with Gasteiger partial charge in [0.2, 0.25) is 0 Å². The summed E-state index contributed by atoms with van der Waals surface area (Å²) in [6.07, 6.45) is -0.617. The first-order valence-corrected chi connectivity index (χ1v) is 5.94. The topological polar surface area (TPSA) is 63.1 Å². The Morgan fingerprint density at radius 3 is 2.70 bits per heavy atom. The monoisotopic (exact) mass is 260 g/mol. The molecule has 0 saturated heterocycles. The Morgan fingerprint density at radius 2 is 2.05 bits per heavy atom. The van der Waals surface area contributed by atoms with Gasteiger partial charge in [-0.3, -0.25) is 0 Å². The van der Waals surface area contributed by atoms with Crippen molar-refractivity contribution in [1.82, 2.24) is 5.32 Å². The Balaban J connectivity index is 1.85. The normalized spacial score (nSPS) is 30.4. The van der Waals surface area contributed by atoms with Crippen LogP contribution in [0.25, 0.3) is 0 Å². The van der Waals surface area contributed by atoms with Gasteiger partial charge in [0.25, 0.3) is 0 Å². The van der Waals surface area contributed by atoms with E-state index in [1.54, 1.807) is 18.2 Å². The molecular weight excluding hydrogens is 251 g/mol. The zero-order valence-electron chi connectivity index (χ0n) is 10.5. The van der Waals surface area contributed by atoms with Crippen LogP contribution in [0.1, 0.15) is 0 Å². The van der Waals surface area contributed by atoms with Crippen molar-refractivity contribution in [2.45, 2.75) is 17.1 Å². The van der Waals surface area contributed by atoms with Crippen molar-refractivity contribution in [3.63, 3.8) is 0 Å². The minimum Gasteiger partial charge on any atom is -0.485 e. The Kier molecular flexibility index (Phi) is 2.87. The average molecular weight is 259 g/mol. The summed E-state index contributed by atoms with van der Waals surface area (Å²) in [5.41, 5.74) is -1.58. The third-order valence-corrected chi connectivity index (χ3v) is 3.17. The highest BCUT2D eigenvalue weighted by atomic mass is 16.6. The quantitative estimate of drug-likeness (QED) is 0.544. The van der Waals surface area contributed by atoms with Crippen molar-refractivity contribution in [3.05, 3.63) is 18.2 Å². The number of nitrogens with zero attached hydrogens (tertiary/aromatic N) is 1. The van der Waals surface area contributed by atoms with Crippen LogP contribution in [0.3, 0.4) is 0 Å². The zero-order valence-corrected chi connectivity index (χ0v) is 10.5. The SMILES string of the molecule is [B]c1ccc2c(c1)OC(C1=NC([B])(O)C([B])([B])N1)CO2. The summed E-state index contributed by atoms with van der Waals surface area (Å²) < 4.78 is 11.2. The lowest BCUT2D eigenvalue weighted by atomic mass is 9.51. The molecule has 0 spiro atoms. The number of ether oxygens (including phenoxy) is 2. The lowest BCUT2D eigenvalue weighted by Gasteiger charge is -2.34. The second-order valence-corrected chi connectivity index (χ2v) is 4.84. The van der Waals surface area contributed by atoms with Gasteiger partial charge in [-0.2, -0.15) is 0 Å². The van der Waals surface area contributed by atoms with Crippen molar-refractivity contribution in [2.75, 3.05) is 6.61 Å². The van der Waals surface area contributed by atoms with Crippen LogP contribution in [0, 0.1) is 0 Å². The van der Waals surface area contributed by atoms with Crippen LogP contribution < -0.4 is 20.3 Å². The first-order valence-electron chi connectivity index (χ1n) is 5.94. The Hall–Kier alpha value is -1.49. The summed E-state index contributed by atoms with van der Waals surface area (Å²) in [5.74, 6) is 1.26. The summed E-state index contributed by atoms with van der Waals surface area (Å²) in [6.45, 7) is 0.176.